The average Bonchev–Trinajstić information content (AvgIpc) is 3.17. The number of nitrogens with zero attached hydrogens (tertiary/aromatic N) is 3. The lowest BCUT2D eigenvalue weighted by atomic mass is 9.82. The standard InChI is InChI=1S/C27H30F4N4O/c1-4-35-23-14-15-34(26(3,25(32)36)19-8-6-5-7-9-19)22(24(23)17(2)33-35)13-11-18-10-12-20(21(28)16-18)27(29,30)31/h5-10,12,16,22H,4,11,13-15H2,1-3H3,(H2,32,36). The molecule has 2 unspecified atom stereocenters. The molecule has 2 heterocycles. The van der Waals surface area contributed by atoms with E-state index in [4.69, 9.17) is 10.8 Å². The number of hydrogen-bond acceptors (Lipinski definition) is 3. The van der Waals surface area contributed by atoms with E-state index in [0.29, 0.717) is 37.9 Å². The predicted octanol–water partition coefficient (Wildman–Crippen LogP) is 5.30. The van der Waals surface area contributed by atoms with Crippen LogP contribution in [0, 0.1) is 12.7 Å². The fraction of sp³-hybridized carbons (Fsp3) is 0.407. The van der Waals surface area contributed by atoms with Crippen LogP contribution in [-0.4, -0.2) is 27.1 Å². The number of nitrogens with two attached hydrogens (primary N) is 1. The van der Waals surface area contributed by atoms with Gasteiger partial charge in [0.2, 0.25) is 5.91 Å². The summed E-state index contributed by atoms with van der Waals surface area (Å²) in [5.41, 5.74) is 7.72. The highest BCUT2D eigenvalue weighted by atomic mass is 19.4. The zero-order valence-corrected chi connectivity index (χ0v) is 20.6. The van der Waals surface area contributed by atoms with E-state index in [1.807, 2.05) is 48.9 Å². The summed E-state index contributed by atoms with van der Waals surface area (Å²) in [6.45, 7) is 6.97. The number of aromatic nitrogens is 2. The van der Waals surface area contributed by atoms with Crippen LogP contribution in [0.25, 0.3) is 0 Å². The average molecular weight is 503 g/mol. The minimum Gasteiger partial charge on any atom is -0.368 e. The second kappa shape index (κ2) is 9.69. The van der Waals surface area contributed by atoms with Crippen LogP contribution in [0.4, 0.5) is 17.6 Å². The van der Waals surface area contributed by atoms with Crippen LogP contribution in [0.5, 0.6) is 0 Å². The van der Waals surface area contributed by atoms with Crippen molar-refractivity contribution in [3.63, 3.8) is 0 Å². The number of fused-ring (bicyclic) bond motifs is 1. The van der Waals surface area contributed by atoms with Gasteiger partial charge < -0.3 is 5.73 Å². The molecule has 2 N–H and O–H groups in total. The first-order valence-electron chi connectivity index (χ1n) is 12.0. The van der Waals surface area contributed by atoms with Crippen LogP contribution < -0.4 is 5.73 Å². The Morgan fingerprint density at radius 1 is 1.17 bits per heavy atom. The van der Waals surface area contributed by atoms with Crippen molar-refractivity contribution in [1.82, 2.24) is 14.7 Å². The number of rotatable bonds is 7. The van der Waals surface area contributed by atoms with Crippen molar-refractivity contribution in [2.45, 2.75) is 64.3 Å². The fourth-order valence-corrected chi connectivity index (χ4v) is 5.44. The third-order valence-electron chi connectivity index (χ3n) is 7.32. The van der Waals surface area contributed by atoms with Crippen molar-refractivity contribution in [1.29, 1.82) is 0 Å². The van der Waals surface area contributed by atoms with Gasteiger partial charge in [-0.2, -0.15) is 18.3 Å². The molecule has 0 bridgehead atoms. The number of carbonyl (C=O) groups excluding carboxylic acids is 1. The Bertz CT molecular complexity index is 1250. The maximum absolute atomic E-state index is 14.3. The third kappa shape index (κ3) is 4.52. The zero-order valence-electron chi connectivity index (χ0n) is 20.6. The summed E-state index contributed by atoms with van der Waals surface area (Å²) in [5.74, 6) is -1.79. The summed E-state index contributed by atoms with van der Waals surface area (Å²) >= 11 is 0. The van der Waals surface area contributed by atoms with E-state index in [9.17, 15) is 22.4 Å². The van der Waals surface area contributed by atoms with Gasteiger partial charge in [-0.25, -0.2) is 4.39 Å². The number of benzene rings is 2. The molecule has 36 heavy (non-hydrogen) atoms. The van der Waals surface area contributed by atoms with Crippen molar-refractivity contribution >= 4 is 5.91 Å². The van der Waals surface area contributed by atoms with Crippen molar-refractivity contribution in [2.75, 3.05) is 6.54 Å². The van der Waals surface area contributed by atoms with Crippen LogP contribution in [0.15, 0.2) is 48.5 Å². The number of hydrogen-bond donors (Lipinski definition) is 1. The van der Waals surface area contributed by atoms with Crippen molar-refractivity contribution < 1.29 is 22.4 Å². The molecule has 9 heteroatoms. The topological polar surface area (TPSA) is 64.2 Å². The highest BCUT2D eigenvalue weighted by Gasteiger charge is 2.46. The van der Waals surface area contributed by atoms with Gasteiger partial charge in [0.05, 0.1) is 11.3 Å². The Morgan fingerprint density at radius 2 is 1.86 bits per heavy atom. The molecule has 1 amide bonds. The third-order valence-corrected chi connectivity index (χ3v) is 7.32. The summed E-state index contributed by atoms with van der Waals surface area (Å²) in [6.07, 6.45) is -3.31. The van der Waals surface area contributed by atoms with E-state index >= 15 is 0 Å². The quantitative estimate of drug-likeness (QED) is 0.446. The lowest BCUT2D eigenvalue weighted by molar-refractivity contribution is -0.140. The van der Waals surface area contributed by atoms with E-state index in [1.165, 1.54) is 6.07 Å². The summed E-state index contributed by atoms with van der Waals surface area (Å²) in [4.78, 5) is 15.1. The highest BCUT2D eigenvalue weighted by Crippen LogP contribution is 2.43. The van der Waals surface area contributed by atoms with E-state index in [1.54, 1.807) is 6.92 Å². The second-order valence-electron chi connectivity index (χ2n) is 9.37. The number of halogens is 4. The van der Waals surface area contributed by atoms with Crippen molar-refractivity contribution in [3.8, 4) is 0 Å². The van der Waals surface area contributed by atoms with Gasteiger partial charge in [0.15, 0.2) is 0 Å². The first-order chi connectivity index (χ1) is 17.0. The minimum absolute atomic E-state index is 0.294. The normalized spacial score (nSPS) is 18.0. The number of carbonyl (C=O) groups is 1. The molecule has 0 radical (unpaired) electrons. The van der Waals surface area contributed by atoms with E-state index in [2.05, 4.69) is 4.90 Å². The summed E-state index contributed by atoms with van der Waals surface area (Å²) in [5, 5.41) is 4.69. The minimum atomic E-state index is -4.75. The largest absolute Gasteiger partial charge is 0.419 e. The van der Waals surface area contributed by atoms with Crippen molar-refractivity contribution in [3.05, 3.63) is 88.0 Å². The second-order valence-corrected chi connectivity index (χ2v) is 9.37. The lowest BCUT2D eigenvalue weighted by Crippen LogP contribution is -2.56. The molecule has 2 atom stereocenters. The van der Waals surface area contributed by atoms with Gasteiger partial charge in [-0.3, -0.25) is 14.4 Å². The number of alkyl halides is 3. The maximum Gasteiger partial charge on any atom is 0.419 e. The lowest BCUT2D eigenvalue weighted by Gasteiger charge is -2.47. The van der Waals surface area contributed by atoms with E-state index in [-0.39, 0.29) is 6.04 Å². The molecule has 0 aliphatic carbocycles. The van der Waals surface area contributed by atoms with Crippen LogP contribution >= 0.6 is 0 Å². The molecule has 3 aromatic rings. The molecule has 1 aromatic heterocycles. The molecule has 1 aliphatic heterocycles. The zero-order chi connectivity index (χ0) is 26.3. The molecule has 2 aromatic carbocycles. The first-order valence-corrected chi connectivity index (χ1v) is 12.0. The molecule has 5 nitrogen and oxygen atoms in total. The Hall–Kier alpha value is -3.20. The van der Waals surface area contributed by atoms with Crippen molar-refractivity contribution in [2.24, 2.45) is 5.73 Å². The Kier molecular flexibility index (Phi) is 6.96. The van der Waals surface area contributed by atoms with Crippen LogP contribution in [-0.2, 0) is 35.9 Å². The van der Waals surface area contributed by atoms with Gasteiger partial charge in [-0.15, -0.1) is 0 Å². The van der Waals surface area contributed by atoms with Gasteiger partial charge in [0.1, 0.15) is 11.4 Å². The van der Waals surface area contributed by atoms with Gasteiger partial charge in [-0.1, -0.05) is 36.4 Å². The number of amides is 1. The molecule has 192 valence electrons. The molecule has 0 saturated carbocycles. The molecule has 4 rings (SSSR count). The highest BCUT2D eigenvalue weighted by molar-refractivity contribution is 5.86. The molecular weight excluding hydrogens is 472 g/mol. The fourth-order valence-electron chi connectivity index (χ4n) is 5.44. The summed E-state index contributed by atoms with van der Waals surface area (Å²) in [6, 6.07) is 12.1. The summed E-state index contributed by atoms with van der Waals surface area (Å²) < 4.78 is 55.3. The van der Waals surface area contributed by atoms with Crippen LogP contribution in [0.3, 0.4) is 0 Å². The Morgan fingerprint density at radius 3 is 2.44 bits per heavy atom. The van der Waals surface area contributed by atoms with Gasteiger partial charge in [0.25, 0.3) is 0 Å². The number of aryl methyl sites for hydroxylation is 3. The maximum atomic E-state index is 14.3. The predicted molar refractivity (Wildman–Crippen MR) is 129 cm³/mol. The summed E-state index contributed by atoms with van der Waals surface area (Å²) in [7, 11) is 0. The molecular formula is C27H30F4N4O. The Labute approximate surface area is 207 Å². The monoisotopic (exact) mass is 502 g/mol. The first kappa shape index (κ1) is 25.9. The van der Waals surface area contributed by atoms with E-state index < -0.39 is 29.0 Å². The smallest absolute Gasteiger partial charge is 0.368 e. The number of primary amides is 1. The SMILES string of the molecule is CCn1nc(C)c2c1CCN(C(C)(C(N)=O)c1ccccc1)C2CCc1ccc(C(F)(F)F)c(F)c1. The van der Waals surface area contributed by atoms with Gasteiger partial charge in [0, 0.05) is 36.8 Å². The molecule has 0 saturated heterocycles. The van der Waals surface area contributed by atoms with Gasteiger partial charge in [-0.05, 0) is 56.9 Å². The van der Waals surface area contributed by atoms with Crippen LogP contribution in [0.1, 0.15) is 60.0 Å². The van der Waals surface area contributed by atoms with Crippen LogP contribution in [0.2, 0.25) is 0 Å². The molecule has 1 aliphatic rings. The molecule has 0 spiro atoms. The Balaban J connectivity index is 1.75. The van der Waals surface area contributed by atoms with E-state index in [0.717, 1.165) is 34.6 Å². The molecule has 0 fully saturated rings. The van der Waals surface area contributed by atoms with Gasteiger partial charge >= 0.3 is 6.18 Å².